The van der Waals surface area contributed by atoms with Crippen LogP contribution < -0.4 is 15.5 Å². The molecular formula is C20H18N4O. The number of hydrogen-bond acceptors (Lipinski definition) is 3. The molecule has 2 amide bonds. The van der Waals surface area contributed by atoms with E-state index in [4.69, 9.17) is 0 Å². The summed E-state index contributed by atoms with van der Waals surface area (Å²) in [5.41, 5.74) is 1.80. The molecule has 5 heteroatoms. The van der Waals surface area contributed by atoms with Crippen LogP contribution in [0.25, 0.3) is 10.8 Å². The SMILES string of the molecule is O=C(NC1=NCCN1c1ccccc1)Nc1cccc2ccccc12. The van der Waals surface area contributed by atoms with Crippen LogP contribution in [0, 0.1) is 0 Å². The number of amides is 2. The second-order valence-corrected chi connectivity index (χ2v) is 5.80. The van der Waals surface area contributed by atoms with E-state index in [1.807, 2.05) is 77.7 Å². The molecule has 1 heterocycles. The van der Waals surface area contributed by atoms with Gasteiger partial charge in [-0.25, -0.2) is 4.79 Å². The zero-order valence-electron chi connectivity index (χ0n) is 13.6. The van der Waals surface area contributed by atoms with Gasteiger partial charge < -0.3 is 10.2 Å². The van der Waals surface area contributed by atoms with Gasteiger partial charge in [-0.1, -0.05) is 54.6 Å². The predicted octanol–water partition coefficient (Wildman–Crippen LogP) is 3.84. The fraction of sp³-hybridized carbons (Fsp3) is 0.100. The molecule has 0 saturated carbocycles. The normalized spacial score (nSPS) is 13.6. The van der Waals surface area contributed by atoms with Gasteiger partial charge in [0.15, 0.2) is 0 Å². The third kappa shape index (κ3) is 3.17. The van der Waals surface area contributed by atoms with Gasteiger partial charge in [-0.15, -0.1) is 0 Å². The molecule has 1 aliphatic heterocycles. The number of urea groups is 1. The Morgan fingerprint density at radius 1 is 0.880 bits per heavy atom. The van der Waals surface area contributed by atoms with E-state index in [2.05, 4.69) is 15.6 Å². The second-order valence-electron chi connectivity index (χ2n) is 5.80. The van der Waals surface area contributed by atoms with Crippen LogP contribution in [0.2, 0.25) is 0 Å². The maximum atomic E-state index is 12.5. The van der Waals surface area contributed by atoms with E-state index in [-0.39, 0.29) is 6.03 Å². The average molecular weight is 330 g/mol. The van der Waals surface area contributed by atoms with Crippen LogP contribution in [0.15, 0.2) is 77.8 Å². The number of fused-ring (bicyclic) bond motifs is 1. The number of para-hydroxylation sites is 1. The smallest absolute Gasteiger partial charge is 0.310 e. The van der Waals surface area contributed by atoms with Gasteiger partial charge >= 0.3 is 6.03 Å². The molecule has 124 valence electrons. The minimum atomic E-state index is -0.294. The third-order valence-electron chi connectivity index (χ3n) is 4.17. The minimum absolute atomic E-state index is 0.294. The lowest BCUT2D eigenvalue weighted by molar-refractivity contribution is 0.256. The Bertz CT molecular complexity index is 931. The number of nitrogens with one attached hydrogen (secondary N) is 2. The van der Waals surface area contributed by atoms with Gasteiger partial charge in [-0.05, 0) is 23.6 Å². The van der Waals surface area contributed by atoms with Gasteiger partial charge in [0.05, 0.1) is 12.2 Å². The first-order chi connectivity index (χ1) is 12.3. The number of carbonyl (C=O) groups excluding carboxylic acids is 1. The highest BCUT2D eigenvalue weighted by atomic mass is 16.2. The van der Waals surface area contributed by atoms with Gasteiger partial charge in [0.2, 0.25) is 5.96 Å². The number of benzene rings is 3. The largest absolute Gasteiger partial charge is 0.326 e. The Labute approximate surface area is 146 Å². The van der Waals surface area contributed by atoms with Crippen LogP contribution in [0.3, 0.4) is 0 Å². The molecule has 1 aliphatic rings. The van der Waals surface area contributed by atoms with E-state index in [0.717, 1.165) is 28.7 Å². The summed E-state index contributed by atoms with van der Waals surface area (Å²) in [6.45, 7) is 1.42. The van der Waals surface area contributed by atoms with Gasteiger partial charge in [-0.3, -0.25) is 10.3 Å². The first-order valence-corrected chi connectivity index (χ1v) is 8.24. The van der Waals surface area contributed by atoms with Crippen molar-refractivity contribution in [3.63, 3.8) is 0 Å². The fourth-order valence-electron chi connectivity index (χ4n) is 3.00. The van der Waals surface area contributed by atoms with E-state index in [1.54, 1.807) is 0 Å². The summed E-state index contributed by atoms with van der Waals surface area (Å²) in [5, 5.41) is 7.89. The highest BCUT2D eigenvalue weighted by molar-refractivity contribution is 6.11. The quantitative estimate of drug-likeness (QED) is 0.750. The minimum Gasteiger partial charge on any atom is -0.310 e. The molecular weight excluding hydrogens is 312 g/mol. The van der Waals surface area contributed by atoms with Crippen molar-refractivity contribution >= 4 is 34.1 Å². The summed E-state index contributed by atoms with van der Waals surface area (Å²) in [4.78, 5) is 18.9. The first kappa shape index (κ1) is 15.2. The van der Waals surface area contributed by atoms with Crippen molar-refractivity contribution in [3.05, 3.63) is 72.8 Å². The maximum absolute atomic E-state index is 12.5. The van der Waals surface area contributed by atoms with E-state index in [0.29, 0.717) is 12.5 Å². The molecule has 0 fully saturated rings. The molecule has 4 rings (SSSR count). The zero-order chi connectivity index (χ0) is 17.1. The lowest BCUT2D eigenvalue weighted by Crippen LogP contribution is -2.43. The second kappa shape index (κ2) is 6.65. The van der Waals surface area contributed by atoms with Crippen LogP contribution in [0.5, 0.6) is 0 Å². The number of hydrogen-bond donors (Lipinski definition) is 2. The summed E-state index contributed by atoms with van der Waals surface area (Å²) in [7, 11) is 0. The molecule has 0 aliphatic carbocycles. The third-order valence-corrected chi connectivity index (χ3v) is 4.17. The van der Waals surface area contributed by atoms with E-state index < -0.39 is 0 Å². The number of carbonyl (C=O) groups is 1. The number of anilines is 2. The topological polar surface area (TPSA) is 56.7 Å². The van der Waals surface area contributed by atoms with Gasteiger partial charge in [0.1, 0.15) is 0 Å². The lowest BCUT2D eigenvalue weighted by atomic mass is 10.1. The van der Waals surface area contributed by atoms with Gasteiger partial charge in [0, 0.05) is 17.6 Å². The Hall–Kier alpha value is -3.34. The predicted molar refractivity (Wildman–Crippen MR) is 102 cm³/mol. The molecule has 0 unspecified atom stereocenters. The highest BCUT2D eigenvalue weighted by Gasteiger charge is 2.20. The molecule has 2 N–H and O–H groups in total. The monoisotopic (exact) mass is 330 g/mol. The molecule has 0 spiro atoms. The Balaban J connectivity index is 1.50. The molecule has 0 saturated heterocycles. The molecule has 0 bridgehead atoms. The number of rotatable bonds is 2. The van der Waals surface area contributed by atoms with Crippen LogP contribution in [-0.2, 0) is 0 Å². The molecule has 3 aromatic rings. The first-order valence-electron chi connectivity index (χ1n) is 8.24. The van der Waals surface area contributed by atoms with Crippen molar-refractivity contribution in [1.29, 1.82) is 0 Å². The molecule has 0 atom stereocenters. The summed E-state index contributed by atoms with van der Waals surface area (Å²) >= 11 is 0. The van der Waals surface area contributed by atoms with Crippen LogP contribution in [0.4, 0.5) is 16.2 Å². The van der Waals surface area contributed by atoms with E-state index in [1.165, 1.54) is 0 Å². The van der Waals surface area contributed by atoms with Crippen molar-refractivity contribution in [2.75, 3.05) is 23.3 Å². The summed E-state index contributed by atoms with van der Waals surface area (Å²) < 4.78 is 0. The van der Waals surface area contributed by atoms with Gasteiger partial charge in [-0.2, -0.15) is 0 Å². The summed E-state index contributed by atoms with van der Waals surface area (Å²) in [6.07, 6.45) is 0. The van der Waals surface area contributed by atoms with Crippen LogP contribution in [0.1, 0.15) is 0 Å². The lowest BCUT2D eigenvalue weighted by Gasteiger charge is -2.20. The average Bonchev–Trinajstić information content (AvgIpc) is 3.11. The van der Waals surface area contributed by atoms with Crippen LogP contribution >= 0.6 is 0 Å². The van der Waals surface area contributed by atoms with Crippen LogP contribution in [-0.4, -0.2) is 25.1 Å². The number of aliphatic imine (C=N–C) groups is 1. The highest BCUT2D eigenvalue weighted by Crippen LogP contribution is 2.23. The van der Waals surface area contributed by atoms with E-state index in [9.17, 15) is 4.79 Å². The summed E-state index contributed by atoms with van der Waals surface area (Å²) in [5.74, 6) is 0.573. The molecule has 0 aromatic heterocycles. The standard InChI is InChI=1S/C20H18N4O/c25-20(22-18-12-6-8-15-7-4-5-11-17(15)18)23-19-21-13-14-24(19)16-9-2-1-3-10-16/h1-12H,13-14H2,(H2,21,22,23,25). The molecule has 3 aromatic carbocycles. The number of guanidine groups is 1. The van der Waals surface area contributed by atoms with Crippen molar-refractivity contribution in [2.45, 2.75) is 0 Å². The van der Waals surface area contributed by atoms with Crippen molar-refractivity contribution in [1.82, 2.24) is 5.32 Å². The Morgan fingerprint density at radius 2 is 1.64 bits per heavy atom. The Kier molecular flexibility index (Phi) is 4.04. The number of nitrogens with zero attached hydrogens (tertiary/aromatic N) is 2. The molecule has 5 nitrogen and oxygen atoms in total. The fourth-order valence-corrected chi connectivity index (χ4v) is 3.00. The molecule has 25 heavy (non-hydrogen) atoms. The zero-order valence-corrected chi connectivity index (χ0v) is 13.6. The van der Waals surface area contributed by atoms with E-state index >= 15 is 0 Å². The maximum Gasteiger partial charge on any atom is 0.326 e. The van der Waals surface area contributed by atoms with Crippen molar-refractivity contribution in [2.24, 2.45) is 4.99 Å². The molecule has 0 radical (unpaired) electrons. The van der Waals surface area contributed by atoms with Crippen molar-refractivity contribution < 1.29 is 4.79 Å². The van der Waals surface area contributed by atoms with Gasteiger partial charge in [0.25, 0.3) is 0 Å². The van der Waals surface area contributed by atoms with Crippen molar-refractivity contribution in [3.8, 4) is 0 Å². The Morgan fingerprint density at radius 3 is 2.52 bits per heavy atom. The summed E-state index contributed by atoms with van der Waals surface area (Å²) in [6, 6.07) is 23.4.